The highest BCUT2D eigenvalue weighted by atomic mass is 16.1. The van der Waals surface area contributed by atoms with E-state index in [-0.39, 0.29) is 0 Å². The smallest absolute Gasteiger partial charge is 0.139 e. The van der Waals surface area contributed by atoms with Gasteiger partial charge in [0.05, 0.1) is 0 Å². The zero-order valence-electron chi connectivity index (χ0n) is 8.05. The quantitative estimate of drug-likeness (QED) is 0.627. The van der Waals surface area contributed by atoms with Gasteiger partial charge in [-0.1, -0.05) is 13.8 Å². The first-order chi connectivity index (χ1) is 5.70. The third-order valence-electron chi connectivity index (χ3n) is 3.56. The number of hydrogen-bond donors (Lipinski definition) is 0. The van der Waals surface area contributed by atoms with E-state index in [0.717, 1.165) is 11.8 Å². The first-order valence-corrected chi connectivity index (χ1v) is 5.24. The van der Waals surface area contributed by atoms with Gasteiger partial charge in [-0.3, -0.25) is 4.79 Å². The van der Waals surface area contributed by atoms with Gasteiger partial charge in [-0.15, -0.1) is 0 Å². The van der Waals surface area contributed by atoms with Gasteiger partial charge in [0.25, 0.3) is 0 Å². The van der Waals surface area contributed by atoms with E-state index in [2.05, 4.69) is 13.8 Å². The maximum absolute atomic E-state index is 11.8. The molecule has 0 bridgehead atoms. The lowest BCUT2D eigenvalue weighted by Crippen LogP contribution is -2.22. The molecule has 0 aromatic carbocycles. The van der Waals surface area contributed by atoms with Crippen LogP contribution in [0.25, 0.3) is 0 Å². The van der Waals surface area contributed by atoms with Crippen molar-refractivity contribution in [3.05, 3.63) is 0 Å². The van der Waals surface area contributed by atoms with Gasteiger partial charge in [-0.05, 0) is 37.5 Å². The third-order valence-corrected chi connectivity index (χ3v) is 3.56. The molecule has 2 atom stereocenters. The van der Waals surface area contributed by atoms with Gasteiger partial charge in [-0.2, -0.15) is 0 Å². The van der Waals surface area contributed by atoms with Gasteiger partial charge in [0.1, 0.15) is 5.78 Å². The minimum Gasteiger partial charge on any atom is -0.299 e. The van der Waals surface area contributed by atoms with Crippen LogP contribution in [-0.4, -0.2) is 5.78 Å². The Bertz CT molecular complexity index is 169. The molecule has 2 fully saturated rings. The molecule has 12 heavy (non-hydrogen) atoms. The minimum absolute atomic E-state index is 0.362. The fourth-order valence-corrected chi connectivity index (χ4v) is 2.07. The van der Waals surface area contributed by atoms with Crippen molar-refractivity contribution >= 4 is 5.78 Å². The molecular weight excluding hydrogens is 148 g/mol. The first-order valence-electron chi connectivity index (χ1n) is 5.24. The summed E-state index contributed by atoms with van der Waals surface area (Å²) >= 11 is 0. The van der Waals surface area contributed by atoms with Crippen LogP contribution in [0.3, 0.4) is 0 Å². The molecule has 0 saturated heterocycles. The molecule has 2 unspecified atom stereocenters. The molecule has 0 amide bonds. The highest BCUT2D eigenvalue weighted by Crippen LogP contribution is 2.43. The monoisotopic (exact) mass is 166 g/mol. The van der Waals surface area contributed by atoms with Crippen molar-refractivity contribution in [3.63, 3.8) is 0 Å². The molecule has 2 rings (SSSR count). The lowest BCUT2D eigenvalue weighted by atomic mass is 9.89. The molecule has 1 heteroatoms. The van der Waals surface area contributed by atoms with Crippen LogP contribution < -0.4 is 0 Å². The number of carbonyl (C=O) groups excluding carboxylic acids is 1. The number of rotatable bonds is 4. The highest BCUT2D eigenvalue weighted by molar-refractivity contribution is 5.83. The van der Waals surface area contributed by atoms with Crippen LogP contribution in [-0.2, 0) is 4.79 Å². The summed E-state index contributed by atoms with van der Waals surface area (Å²) in [5.41, 5.74) is 0. The second-order valence-corrected chi connectivity index (χ2v) is 4.65. The van der Waals surface area contributed by atoms with E-state index in [1.165, 1.54) is 25.7 Å². The van der Waals surface area contributed by atoms with Crippen LogP contribution >= 0.6 is 0 Å². The van der Waals surface area contributed by atoms with Crippen molar-refractivity contribution in [2.75, 3.05) is 0 Å². The Balaban J connectivity index is 1.88. The van der Waals surface area contributed by atoms with Crippen LogP contribution in [0.1, 0.15) is 39.5 Å². The molecule has 68 valence electrons. The number of Topliss-reactive ketones (excluding diaryl/α,β-unsaturated/α-hetero) is 1. The molecule has 0 radical (unpaired) electrons. The van der Waals surface area contributed by atoms with Gasteiger partial charge in [-0.25, -0.2) is 0 Å². The summed E-state index contributed by atoms with van der Waals surface area (Å²) in [6.07, 6.45) is 5.18. The van der Waals surface area contributed by atoms with Gasteiger partial charge >= 0.3 is 0 Å². The SMILES string of the molecule is CC(C(=O)C(C)C1CC1)C1CC1. The summed E-state index contributed by atoms with van der Waals surface area (Å²) in [5.74, 6) is 2.76. The predicted molar refractivity (Wildman–Crippen MR) is 48.8 cm³/mol. The van der Waals surface area contributed by atoms with Crippen molar-refractivity contribution in [1.29, 1.82) is 0 Å². The fraction of sp³-hybridized carbons (Fsp3) is 0.909. The second kappa shape index (κ2) is 2.86. The Hall–Kier alpha value is -0.330. The molecule has 0 aliphatic heterocycles. The molecule has 2 saturated carbocycles. The zero-order valence-corrected chi connectivity index (χ0v) is 8.05. The molecule has 2 aliphatic carbocycles. The van der Waals surface area contributed by atoms with Crippen molar-refractivity contribution in [1.82, 2.24) is 0 Å². The van der Waals surface area contributed by atoms with Crippen molar-refractivity contribution in [2.45, 2.75) is 39.5 Å². The van der Waals surface area contributed by atoms with Crippen molar-refractivity contribution < 1.29 is 4.79 Å². The number of hydrogen-bond acceptors (Lipinski definition) is 1. The molecule has 0 N–H and O–H groups in total. The van der Waals surface area contributed by atoms with Gasteiger partial charge in [0.2, 0.25) is 0 Å². The van der Waals surface area contributed by atoms with E-state index in [0.29, 0.717) is 17.6 Å². The molecule has 0 heterocycles. The summed E-state index contributed by atoms with van der Waals surface area (Å²) < 4.78 is 0. The first kappa shape index (κ1) is 8.28. The van der Waals surface area contributed by atoms with Gasteiger partial charge < -0.3 is 0 Å². The molecular formula is C11H18O. The summed E-state index contributed by atoms with van der Waals surface area (Å²) in [5, 5.41) is 0. The van der Waals surface area contributed by atoms with E-state index in [4.69, 9.17) is 0 Å². The average Bonchev–Trinajstić information content (AvgIpc) is 2.90. The molecule has 1 nitrogen and oxygen atoms in total. The van der Waals surface area contributed by atoms with E-state index >= 15 is 0 Å². The Morgan fingerprint density at radius 3 is 1.58 bits per heavy atom. The van der Waals surface area contributed by atoms with E-state index in [9.17, 15) is 4.79 Å². The van der Waals surface area contributed by atoms with Crippen LogP contribution in [0.2, 0.25) is 0 Å². The fourth-order valence-electron chi connectivity index (χ4n) is 2.07. The zero-order chi connectivity index (χ0) is 8.72. The highest BCUT2D eigenvalue weighted by Gasteiger charge is 2.39. The Kier molecular flexibility index (Phi) is 1.97. The Labute approximate surface area is 74.5 Å². The summed E-state index contributed by atoms with van der Waals surface area (Å²) in [6.45, 7) is 4.25. The van der Waals surface area contributed by atoms with Crippen molar-refractivity contribution in [3.8, 4) is 0 Å². The lowest BCUT2D eigenvalue weighted by molar-refractivity contribution is -0.127. The Morgan fingerprint density at radius 1 is 1.00 bits per heavy atom. The van der Waals surface area contributed by atoms with Crippen molar-refractivity contribution in [2.24, 2.45) is 23.7 Å². The normalized spacial score (nSPS) is 28.2. The summed E-state index contributed by atoms with van der Waals surface area (Å²) in [7, 11) is 0. The van der Waals surface area contributed by atoms with E-state index in [1.54, 1.807) is 0 Å². The van der Waals surface area contributed by atoms with Crippen LogP contribution in [0.4, 0.5) is 0 Å². The van der Waals surface area contributed by atoms with Crippen LogP contribution in [0, 0.1) is 23.7 Å². The van der Waals surface area contributed by atoms with Gasteiger partial charge in [0.15, 0.2) is 0 Å². The Morgan fingerprint density at radius 2 is 1.33 bits per heavy atom. The summed E-state index contributed by atoms with van der Waals surface area (Å²) in [6, 6.07) is 0. The molecule has 0 aromatic heterocycles. The largest absolute Gasteiger partial charge is 0.299 e. The minimum atomic E-state index is 0.362. The average molecular weight is 166 g/mol. The second-order valence-electron chi connectivity index (χ2n) is 4.65. The van der Waals surface area contributed by atoms with Gasteiger partial charge in [0, 0.05) is 11.8 Å². The number of ketones is 1. The van der Waals surface area contributed by atoms with E-state index < -0.39 is 0 Å². The van der Waals surface area contributed by atoms with Crippen LogP contribution in [0.5, 0.6) is 0 Å². The molecule has 2 aliphatic rings. The van der Waals surface area contributed by atoms with Crippen LogP contribution in [0.15, 0.2) is 0 Å². The third kappa shape index (κ3) is 1.55. The molecule has 0 spiro atoms. The maximum atomic E-state index is 11.8. The maximum Gasteiger partial charge on any atom is 0.139 e. The topological polar surface area (TPSA) is 17.1 Å². The molecule has 0 aromatic rings. The van der Waals surface area contributed by atoms with E-state index in [1.807, 2.05) is 0 Å². The number of carbonyl (C=O) groups is 1. The lowest BCUT2D eigenvalue weighted by Gasteiger charge is -2.14. The summed E-state index contributed by atoms with van der Waals surface area (Å²) in [4.78, 5) is 11.8. The predicted octanol–water partition coefficient (Wildman–Crippen LogP) is 2.65. The standard InChI is InChI=1S/C11H18O/c1-7(9-3-4-9)11(12)8(2)10-5-6-10/h7-10H,3-6H2,1-2H3.